The molecule has 6 rings (SSSR count). The Hall–Kier alpha value is -5.47. The number of fused-ring (bicyclic) bond motifs is 1. The third-order valence-corrected chi connectivity index (χ3v) is 6.17. The second kappa shape index (κ2) is 9.53. The molecule has 15 nitrogen and oxygen atoms in total. The number of tetrazole rings is 1. The van der Waals surface area contributed by atoms with Gasteiger partial charge in [0.15, 0.2) is 12.0 Å². The first-order valence-corrected chi connectivity index (χ1v) is 11.6. The highest BCUT2D eigenvalue weighted by Crippen LogP contribution is 2.30. The maximum absolute atomic E-state index is 13.3. The van der Waals surface area contributed by atoms with E-state index in [-0.39, 0.29) is 17.3 Å². The number of benzene rings is 2. The van der Waals surface area contributed by atoms with Gasteiger partial charge < -0.3 is 10.6 Å². The monoisotopic (exact) mass is 511 g/mol. The molecule has 1 amide bonds. The summed E-state index contributed by atoms with van der Waals surface area (Å²) in [4.78, 5) is 16.8. The van der Waals surface area contributed by atoms with Crippen LogP contribution in [0.3, 0.4) is 0 Å². The van der Waals surface area contributed by atoms with Gasteiger partial charge in [0, 0.05) is 12.2 Å². The van der Waals surface area contributed by atoms with Gasteiger partial charge in [0.25, 0.3) is 5.91 Å². The van der Waals surface area contributed by atoms with Crippen LogP contribution in [0.4, 0.5) is 11.5 Å². The van der Waals surface area contributed by atoms with Crippen molar-refractivity contribution in [3.05, 3.63) is 77.4 Å². The molecule has 0 saturated carbocycles. The fourth-order valence-electron chi connectivity index (χ4n) is 4.27. The highest BCUT2D eigenvalue weighted by Gasteiger charge is 2.28. The summed E-state index contributed by atoms with van der Waals surface area (Å²) in [5.74, 6) is -0.361. The molecule has 0 radical (unpaired) electrons. The fourth-order valence-corrected chi connectivity index (χ4v) is 4.27. The summed E-state index contributed by atoms with van der Waals surface area (Å²) >= 11 is 0. The molecule has 4 heterocycles. The number of carbonyl (C=O) groups is 1. The quantitative estimate of drug-likeness (QED) is 0.234. The summed E-state index contributed by atoms with van der Waals surface area (Å²) in [5, 5.41) is 31.7. The van der Waals surface area contributed by atoms with Gasteiger partial charge in [-0.15, -0.1) is 20.1 Å². The molecular weight excluding hydrogens is 490 g/mol. The van der Waals surface area contributed by atoms with Crippen LogP contribution in [0, 0.1) is 0 Å². The van der Waals surface area contributed by atoms with Gasteiger partial charge in [-0.1, -0.05) is 35.5 Å². The van der Waals surface area contributed by atoms with Crippen LogP contribution in [0.2, 0.25) is 0 Å². The SMILES string of the molecule is C/C(=N/NC(=O)c1nnn(-c2nonc2N)c1CN1CCc2ccccc21)c1cccc(-n2ncnn2)c1. The number of nitrogens with two attached hydrogens (primary N) is 1. The number of carbonyl (C=O) groups excluding carboxylic acids is 1. The van der Waals surface area contributed by atoms with Crippen molar-refractivity contribution in [2.24, 2.45) is 5.10 Å². The highest BCUT2D eigenvalue weighted by molar-refractivity contribution is 6.01. The number of hydrogen-bond acceptors (Lipinski definition) is 12. The average molecular weight is 512 g/mol. The molecule has 3 N–H and O–H groups in total. The van der Waals surface area contributed by atoms with Crippen molar-refractivity contribution in [2.75, 3.05) is 17.2 Å². The standard InChI is InChI=1S/C23H21N13O2/c1-14(16-6-4-7-17(11-16)36-26-13-25-32-36)27-29-23(37)20-19(35(33-28-20)22-21(24)30-38-31-22)12-34-10-9-15-5-2-3-8-18(15)34/h2-8,11,13H,9-10,12H2,1H3,(H2,24,30)(H,29,37)/b27-14-. The Morgan fingerprint density at radius 2 is 2.05 bits per heavy atom. The van der Waals surface area contributed by atoms with Crippen molar-refractivity contribution in [2.45, 2.75) is 19.9 Å². The number of hydrogen-bond donors (Lipinski definition) is 2. The number of hydrazone groups is 1. The van der Waals surface area contributed by atoms with Gasteiger partial charge in [0.05, 0.1) is 23.6 Å². The normalized spacial score (nSPS) is 13.1. The van der Waals surface area contributed by atoms with Crippen LogP contribution in [-0.4, -0.2) is 63.7 Å². The Balaban J connectivity index is 1.28. The molecule has 1 aliphatic rings. The van der Waals surface area contributed by atoms with E-state index >= 15 is 0 Å². The Kier molecular flexibility index (Phi) is 5.76. The minimum Gasteiger partial charge on any atom is -0.378 e. The average Bonchev–Trinajstić information content (AvgIpc) is 3.75. The first kappa shape index (κ1) is 23.0. The van der Waals surface area contributed by atoms with E-state index in [4.69, 9.17) is 10.4 Å². The van der Waals surface area contributed by atoms with Crippen LogP contribution >= 0.6 is 0 Å². The second-order valence-electron chi connectivity index (χ2n) is 8.48. The van der Waals surface area contributed by atoms with Gasteiger partial charge in [-0.05, 0) is 58.2 Å². The molecule has 5 aromatic rings. The summed E-state index contributed by atoms with van der Waals surface area (Å²) in [6, 6.07) is 15.5. The minimum absolute atomic E-state index is 0.0283. The molecule has 1 aliphatic heterocycles. The zero-order valence-corrected chi connectivity index (χ0v) is 20.1. The van der Waals surface area contributed by atoms with E-state index in [1.807, 2.05) is 42.5 Å². The second-order valence-corrected chi connectivity index (χ2v) is 8.48. The van der Waals surface area contributed by atoms with Gasteiger partial charge in [-0.2, -0.15) is 9.78 Å². The van der Waals surface area contributed by atoms with Crippen molar-refractivity contribution in [1.29, 1.82) is 0 Å². The zero-order valence-electron chi connectivity index (χ0n) is 20.1. The largest absolute Gasteiger partial charge is 0.378 e. The van der Waals surface area contributed by atoms with Crippen molar-refractivity contribution in [1.82, 2.24) is 50.9 Å². The molecule has 190 valence electrons. The lowest BCUT2D eigenvalue weighted by Gasteiger charge is -2.19. The van der Waals surface area contributed by atoms with Crippen LogP contribution in [0.25, 0.3) is 11.5 Å². The van der Waals surface area contributed by atoms with E-state index < -0.39 is 5.91 Å². The lowest BCUT2D eigenvalue weighted by atomic mass is 10.1. The van der Waals surface area contributed by atoms with Crippen molar-refractivity contribution < 1.29 is 9.42 Å². The predicted molar refractivity (Wildman–Crippen MR) is 134 cm³/mol. The van der Waals surface area contributed by atoms with Gasteiger partial charge >= 0.3 is 0 Å². The molecule has 3 aromatic heterocycles. The van der Waals surface area contributed by atoms with Gasteiger partial charge in [0.2, 0.25) is 11.6 Å². The first-order chi connectivity index (χ1) is 18.6. The molecule has 2 aromatic carbocycles. The number of nitrogens with one attached hydrogen (secondary N) is 1. The fraction of sp³-hybridized carbons (Fsp3) is 0.174. The predicted octanol–water partition coefficient (Wildman–Crippen LogP) is 0.925. The maximum atomic E-state index is 13.3. The third kappa shape index (κ3) is 4.21. The summed E-state index contributed by atoms with van der Waals surface area (Å²) in [6.07, 6.45) is 2.24. The first-order valence-electron chi connectivity index (χ1n) is 11.6. The molecule has 0 aliphatic carbocycles. The van der Waals surface area contributed by atoms with E-state index in [1.165, 1.54) is 21.4 Å². The van der Waals surface area contributed by atoms with E-state index in [1.54, 1.807) is 6.92 Å². The van der Waals surface area contributed by atoms with Gasteiger partial charge in [0.1, 0.15) is 0 Å². The molecule has 0 spiro atoms. The smallest absolute Gasteiger partial charge is 0.293 e. The third-order valence-electron chi connectivity index (χ3n) is 6.17. The highest BCUT2D eigenvalue weighted by atomic mass is 16.6. The summed E-state index contributed by atoms with van der Waals surface area (Å²) < 4.78 is 6.12. The zero-order chi connectivity index (χ0) is 26.1. The Morgan fingerprint density at radius 3 is 2.87 bits per heavy atom. The lowest BCUT2D eigenvalue weighted by Crippen LogP contribution is -2.26. The number of aromatic nitrogens is 9. The van der Waals surface area contributed by atoms with E-state index in [0.29, 0.717) is 23.6 Å². The number of nitrogens with zero attached hydrogens (tertiary/aromatic N) is 11. The van der Waals surface area contributed by atoms with Crippen LogP contribution in [0.1, 0.15) is 34.2 Å². The molecule has 0 fully saturated rings. The van der Waals surface area contributed by atoms with Gasteiger partial charge in [-0.25, -0.2) is 10.1 Å². The number of rotatable bonds is 7. The van der Waals surface area contributed by atoms with E-state index in [2.05, 4.69) is 57.5 Å². The number of amides is 1. The minimum atomic E-state index is -0.540. The van der Waals surface area contributed by atoms with Crippen LogP contribution in [0.5, 0.6) is 0 Å². The van der Waals surface area contributed by atoms with Crippen molar-refractivity contribution in [3.63, 3.8) is 0 Å². The van der Waals surface area contributed by atoms with Crippen LogP contribution < -0.4 is 16.1 Å². The van der Waals surface area contributed by atoms with Crippen molar-refractivity contribution in [3.8, 4) is 11.5 Å². The maximum Gasteiger partial charge on any atom is 0.293 e. The Morgan fingerprint density at radius 1 is 1.16 bits per heavy atom. The summed E-state index contributed by atoms with van der Waals surface area (Å²) in [7, 11) is 0. The number of para-hydroxylation sites is 1. The molecular formula is C23H21N13O2. The summed E-state index contributed by atoms with van der Waals surface area (Å²) in [6.45, 7) is 2.87. The van der Waals surface area contributed by atoms with E-state index in [9.17, 15) is 4.79 Å². The Bertz CT molecular complexity index is 1640. The molecule has 0 unspecified atom stereocenters. The lowest BCUT2D eigenvalue weighted by molar-refractivity contribution is 0.0948. The molecule has 0 atom stereocenters. The molecule has 15 heteroatoms. The number of anilines is 2. The van der Waals surface area contributed by atoms with Crippen LogP contribution in [-0.2, 0) is 13.0 Å². The molecule has 0 saturated heterocycles. The summed E-state index contributed by atoms with van der Waals surface area (Å²) in [5.41, 5.74) is 13.4. The molecule has 0 bridgehead atoms. The number of nitrogen functional groups attached to an aromatic ring is 1. The topological polar surface area (TPSA) is 184 Å². The van der Waals surface area contributed by atoms with Crippen molar-refractivity contribution >= 4 is 23.1 Å². The molecule has 38 heavy (non-hydrogen) atoms. The van der Waals surface area contributed by atoms with Gasteiger partial charge in [-0.3, -0.25) is 4.79 Å². The van der Waals surface area contributed by atoms with E-state index in [0.717, 1.165) is 24.2 Å². The Labute approximate surface area is 214 Å². The van der Waals surface area contributed by atoms with Crippen LogP contribution in [0.15, 0.2) is 64.6 Å².